The maximum Gasteiger partial charge on any atom is 0.255 e. The molecule has 5 heteroatoms. The molecule has 2 N–H and O–H groups in total. The summed E-state index contributed by atoms with van der Waals surface area (Å²) in [5, 5.41) is 5.60. The lowest BCUT2D eigenvalue weighted by Gasteiger charge is -2.13. The maximum absolute atomic E-state index is 13.6. The first-order valence-corrected chi connectivity index (χ1v) is 8.74. The lowest BCUT2D eigenvalue weighted by Crippen LogP contribution is -2.14. The van der Waals surface area contributed by atoms with Gasteiger partial charge >= 0.3 is 0 Å². The Balaban J connectivity index is 1.71. The third kappa shape index (κ3) is 4.71. The number of nitrogens with one attached hydrogen (secondary N) is 2. The van der Waals surface area contributed by atoms with Gasteiger partial charge in [-0.05, 0) is 48.9 Å². The van der Waals surface area contributed by atoms with E-state index in [1.807, 2.05) is 6.07 Å². The third-order valence-electron chi connectivity index (χ3n) is 4.20. The van der Waals surface area contributed by atoms with Crippen molar-refractivity contribution in [3.05, 3.63) is 101 Å². The zero-order valence-corrected chi connectivity index (χ0v) is 15.3. The highest BCUT2D eigenvalue weighted by molar-refractivity contribution is 6.06. The van der Waals surface area contributed by atoms with Crippen LogP contribution in [0.25, 0.3) is 6.08 Å². The fourth-order valence-electron chi connectivity index (χ4n) is 2.64. The number of hydrogen-bond acceptors (Lipinski definition) is 2. The van der Waals surface area contributed by atoms with Crippen molar-refractivity contribution in [2.24, 2.45) is 0 Å². The molecule has 3 aromatic rings. The van der Waals surface area contributed by atoms with Crippen molar-refractivity contribution in [1.29, 1.82) is 0 Å². The van der Waals surface area contributed by atoms with Gasteiger partial charge in [0.15, 0.2) is 0 Å². The molecule has 0 aromatic heterocycles. The summed E-state index contributed by atoms with van der Waals surface area (Å²) < 4.78 is 13.6. The van der Waals surface area contributed by atoms with Crippen LogP contribution < -0.4 is 10.6 Å². The standard InChI is InChI=1S/C23H19FN2O2/c1-16-20(25-22(27)15-14-17-8-5-6-11-19(17)24)12-7-13-21(16)26-23(28)18-9-3-2-4-10-18/h2-15H,1H3,(H,25,27)(H,26,28)/b15-14+. The highest BCUT2D eigenvalue weighted by atomic mass is 19.1. The molecule has 2 amide bonds. The number of halogens is 1. The van der Waals surface area contributed by atoms with Crippen molar-refractivity contribution < 1.29 is 14.0 Å². The van der Waals surface area contributed by atoms with Crippen LogP contribution in [0.5, 0.6) is 0 Å². The van der Waals surface area contributed by atoms with E-state index in [0.717, 1.165) is 5.56 Å². The molecule has 0 aliphatic heterocycles. The summed E-state index contributed by atoms with van der Waals surface area (Å²) in [4.78, 5) is 24.5. The van der Waals surface area contributed by atoms with Crippen LogP contribution in [0.15, 0.2) is 78.9 Å². The summed E-state index contributed by atoms with van der Waals surface area (Å²) in [6.07, 6.45) is 2.69. The van der Waals surface area contributed by atoms with Gasteiger partial charge < -0.3 is 10.6 Å². The lowest BCUT2D eigenvalue weighted by molar-refractivity contribution is -0.111. The fraction of sp³-hybridized carbons (Fsp3) is 0.0435. The maximum atomic E-state index is 13.6. The number of benzene rings is 3. The SMILES string of the molecule is Cc1c(NC(=O)/C=C/c2ccccc2F)cccc1NC(=O)c1ccccc1. The Bertz CT molecular complexity index is 1030. The van der Waals surface area contributed by atoms with E-state index in [1.54, 1.807) is 67.6 Å². The van der Waals surface area contributed by atoms with Gasteiger partial charge in [-0.3, -0.25) is 9.59 Å². The minimum atomic E-state index is -0.395. The van der Waals surface area contributed by atoms with E-state index in [-0.39, 0.29) is 5.91 Å². The van der Waals surface area contributed by atoms with Gasteiger partial charge in [0.1, 0.15) is 5.82 Å². The van der Waals surface area contributed by atoms with E-state index in [9.17, 15) is 14.0 Å². The number of amides is 2. The molecule has 0 aliphatic rings. The molecule has 140 valence electrons. The summed E-state index contributed by atoms with van der Waals surface area (Å²) >= 11 is 0. The summed E-state index contributed by atoms with van der Waals surface area (Å²) in [6.45, 7) is 1.80. The molecule has 0 saturated carbocycles. The molecule has 0 unspecified atom stereocenters. The first kappa shape index (κ1) is 19.0. The van der Waals surface area contributed by atoms with Gasteiger partial charge in [0, 0.05) is 28.6 Å². The molecule has 3 rings (SSSR count). The molecule has 0 bridgehead atoms. The van der Waals surface area contributed by atoms with Gasteiger partial charge in [-0.15, -0.1) is 0 Å². The van der Waals surface area contributed by atoms with Crippen LogP contribution in [-0.2, 0) is 4.79 Å². The molecule has 0 atom stereocenters. The van der Waals surface area contributed by atoms with Gasteiger partial charge in [0.2, 0.25) is 5.91 Å². The molecule has 0 heterocycles. The van der Waals surface area contributed by atoms with Gasteiger partial charge in [-0.25, -0.2) is 4.39 Å². The van der Waals surface area contributed by atoms with Gasteiger partial charge in [-0.1, -0.05) is 42.5 Å². The van der Waals surface area contributed by atoms with Gasteiger partial charge in [-0.2, -0.15) is 0 Å². The van der Waals surface area contributed by atoms with Gasteiger partial charge in [0.05, 0.1) is 0 Å². The monoisotopic (exact) mass is 374 g/mol. The smallest absolute Gasteiger partial charge is 0.255 e. The normalized spacial score (nSPS) is 10.6. The highest BCUT2D eigenvalue weighted by Crippen LogP contribution is 2.24. The topological polar surface area (TPSA) is 58.2 Å². The summed E-state index contributed by atoms with van der Waals surface area (Å²) in [6, 6.07) is 20.3. The van der Waals surface area contributed by atoms with Crippen molar-refractivity contribution in [3.8, 4) is 0 Å². The molecule has 3 aromatic carbocycles. The molecular formula is C23H19FN2O2. The number of carbonyl (C=O) groups is 2. The Kier molecular flexibility index (Phi) is 5.97. The average molecular weight is 374 g/mol. The van der Waals surface area contributed by atoms with E-state index < -0.39 is 11.7 Å². The molecule has 0 saturated heterocycles. The lowest BCUT2D eigenvalue weighted by atomic mass is 10.1. The first-order chi connectivity index (χ1) is 13.5. The molecule has 0 radical (unpaired) electrons. The zero-order valence-electron chi connectivity index (χ0n) is 15.3. The molecule has 0 fully saturated rings. The Hall–Kier alpha value is -3.73. The predicted octanol–water partition coefficient (Wildman–Crippen LogP) is 5.04. The number of anilines is 2. The second-order valence-corrected chi connectivity index (χ2v) is 6.14. The van der Waals surface area contributed by atoms with E-state index in [2.05, 4.69) is 10.6 Å². The minimum Gasteiger partial charge on any atom is -0.322 e. The van der Waals surface area contributed by atoms with Crippen LogP contribution in [0.3, 0.4) is 0 Å². The molecular weight excluding hydrogens is 355 g/mol. The molecule has 4 nitrogen and oxygen atoms in total. The molecule has 0 aliphatic carbocycles. The van der Waals surface area contributed by atoms with E-state index in [4.69, 9.17) is 0 Å². The Morgan fingerprint density at radius 3 is 2.18 bits per heavy atom. The highest BCUT2D eigenvalue weighted by Gasteiger charge is 2.10. The van der Waals surface area contributed by atoms with Crippen molar-refractivity contribution in [2.45, 2.75) is 6.92 Å². The van der Waals surface area contributed by atoms with Crippen LogP contribution in [0, 0.1) is 12.7 Å². The average Bonchev–Trinajstić information content (AvgIpc) is 2.71. The second kappa shape index (κ2) is 8.77. The Morgan fingerprint density at radius 1 is 0.821 bits per heavy atom. The van der Waals surface area contributed by atoms with E-state index in [0.29, 0.717) is 22.5 Å². The number of hydrogen-bond donors (Lipinski definition) is 2. The van der Waals surface area contributed by atoms with Crippen LogP contribution in [-0.4, -0.2) is 11.8 Å². The molecule has 0 spiro atoms. The van der Waals surface area contributed by atoms with E-state index >= 15 is 0 Å². The summed E-state index contributed by atoms with van der Waals surface area (Å²) in [5.74, 6) is -1.02. The quantitative estimate of drug-likeness (QED) is 0.615. The predicted molar refractivity (Wildman–Crippen MR) is 110 cm³/mol. The van der Waals surface area contributed by atoms with Crippen LogP contribution in [0.2, 0.25) is 0 Å². The summed E-state index contributed by atoms with van der Waals surface area (Å²) in [7, 11) is 0. The number of carbonyl (C=O) groups excluding carboxylic acids is 2. The minimum absolute atomic E-state index is 0.230. The van der Waals surface area contributed by atoms with E-state index in [1.165, 1.54) is 18.2 Å². The van der Waals surface area contributed by atoms with Crippen LogP contribution >= 0.6 is 0 Å². The van der Waals surface area contributed by atoms with Crippen LogP contribution in [0.4, 0.5) is 15.8 Å². The first-order valence-electron chi connectivity index (χ1n) is 8.74. The zero-order chi connectivity index (χ0) is 19.9. The summed E-state index contributed by atoms with van der Waals surface area (Å²) in [5.41, 5.74) is 2.76. The number of rotatable bonds is 5. The fourth-order valence-corrected chi connectivity index (χ4v) is 2.64. The third-order valence-corrected chi connectivity index (χ3v) is 4.20. The van der Waals surface area contributed by atoms with Crippen LogP contribution in [0.1, 0.15) is 21.5 Å². The van der Waals surface area contributed by atoms with Gasteiger partial charge in [0.25, 0.3) is 5.91 Å². The molecule has 28 heavy (non-hydrogen) atoms. The Labute approximate surface area is 162 Å². The van der Waals surface area contributed by atoms with Crippen molar-refractivity contribution in [2.75, 3.05) is 10.6 Å². The van der Waals surface area contributed by atoms with Crippen molar-refractivity contribution >= 4 is 29.3 Å². The van der Waals surface area contributed by atoms with Crippen molar-refractivity contribution in [1.82, 2.24) is 0 Å². The second-order valence-electron chi connectivity index (χ2n) is 6.14. The Morgan fingerprint density at radius 2 is 1.46 bits per heavy atom. The van der Waals surface area contributed by atoms with Crippen molar-refractivity contribution in [3.63, 3.8) is 0 Å². The largest absolute Gasteiger partial charge is 0.322 e.